The first kappa shape index (κ1) is 18.4. The Morgan fingerprint density at radius 3 is 2.69 bits per heavy atom. The molecule has 2 atom stereocenters. The van der Waals surface area contributed by atoms with E-state index in [2.05, 4.69) is 0 Å². The number of para-hydroxylation sites is 1. The molecule has 2 heterocycles. The van der Waals surface area contributed by atoms with Crippen LogP contribution in [0.15, 0.2) is 18.2 Å². The van der Waals surface area contributed by atoms with Crippen molar-refractivity contribution in [2.45, 2.75) is 38.2 Å². The number of carbonyl (C=O) groups excluding carboxylic acids is 1. The Kier molecular flexibility index (Phi) is 4.50. The molecule has 0 radical (unpaired) electrons. The minimum atomic E-state index is -0.924. The van der Waals surface area contributed by atoms with Gasteiger partial charge >= 0.3 is 12.1 Å². The van der Waals surface area contributed by atoms with E-state index in [0.717, 1.165) is 5.56 Å². The van der Waals surface area contributed by atoms with E-state index in [-0.39, 0.29) is 13.1 Å². The van der Waals surface area contributed by atoms with Gasteiger partial charge < -0.3 is 24.2 Å². The number of rotatable bonds is 2. The van der Waals surface area contributed by atoms with Gasteiger partial charge in [-0.1, -0.05) is 12.1 Å². The maximum Gasteiger partial charge on any atom is 0.410 e. The minimum absolute atomic E-state index is 0.112. The molecule has 1 unspecified atom stereocenters. The van der Waals surface area contributed by atoms with Crippen LogP contribution in [0.2, 0.25) is 0 Å². The average molecular weight is 363 g/mol. The van der Waals surface area contributed by atoms with Gasteiger partial charge in [0.25, 0.3) is 0 Å². The van der Waals surface area contributed by atoms with Crippen molar-refractivity contribution in [1.29, 1.82) is 0 Å². The van der Waals surface area contributed by atoms with Crippen molar-refractivity contribution < 1.29 is 28.9 Å². The van der Waals surface area contributed by atoms with E-state index in [1.54, 1.807) is 33.9 Å². The predicted octanol–water partition coefficient (Wildman–Crippen LogP) is 2.67. The van der Waals surface area contributed by atoms with Gasteiger partial charge in [-0.2, -0.15) is 0 Å². The van der Waals surface area contributed by atoms with Crippen LogP contribution >= 0.6 is 0 Å². The molecule has 0 saturated carbocycles. The summed E-state index contributed by atoms with van der Waals surface area (Å²) in [5.41, 5.74) is -0.575. The van der Waals surface area contributed by atoms with Gasteiger partial charge in [-0.3, -0.25) is 4.79 Å². The maximum absolute atomic E-state index is 12.5. The van der Waals surface area contributed by atoms with E-state index in [9.17, 15) is 14.7 Å². The molecular formula is C19H25NO6. The highest BCUT2D eigenvalue weighted by molar-refractivity contribution is 5.78. The van der Waals surface area contributed by atoms with Gasteiger partial charge in [0.15, 0.2) is 11.5 Å². The fourth-order valence-electron chi connectivity index (χ4n) is 3.90. The number of ether oxygens (including phenoxy) is 3. The third kappa shape index (κ3) is 3.06. The van der Waals surface area contributed by atoms with Crippen molar-refractivity contribution in [3.63, 3.8) is 0 Å². The zero-order chi connectivity index (χ0) is 19.1. The molecule has 1 aromatic rings. The van der Waals surface area contributed by atoms with Crippen molar-refractivity contribution in [1.82, 2.24) is 4.90 Å². The van der Waals surface area contributed by atoms with Crippen LogP contribution in [0.3, 0.4) is 0 Å². The summed E-state index contributed by atoms with van der Waals surface area (Å²) in [6.07, 6.45) is 0.0280. The minimum Gasteiger partial charge on any atom is -0.493 e. The number of carboxylic acid groups (broad SMARTS) is 1. The molecular weight excluding hydrogens is 338 g/mol. The van der Waals surface area contributed by atoms with E-state index in [4.69, 9.17) is 14.2 Å². The third-order valence-electron chi connectivity index (χ3n) is 5.02. The number of amides is 1. The van der Waals surface area contributed by atoms with E-state index < -0.39 is 29.0 Å². The molecule has 26 heavy (non-hydrogen) atoms. The second-order valence-electron chi connectivity index (χ2n) is 7.84. The third-order valence-corrected chi connectivity index (χ3v) is 5.02. The number of benzene rings is 1. The van der Waals surface area contributed by atoms with Crippen LogP contribution in [0, 0.1) is 5.92 Å². The Morgan fingerprint density at radius 2 is 2.08 bits per heavy atom. The number of likely N-dealkylation sites (tertiary alicyclic amines) is 1. The van der Waals surface area contributed by atoms with E-state index in [1.807, 2.05) is 12.1 Å². The van der Waals surface area contributed by atoms with Crippen LogP contribution in [0.1, 0.15) is 32.8 Å². The molecule has 1 fully saturated rings. The number of fused-ring (bicyclic) bond motifs is 2. The summed E-state index contributed by atoms with van der Waals surface area (Å²) in [6, 6.07) is 5.48. The number of methoxy groups -OCH3 is 1. The largest absolute Gasteiger partial charge is 0.493 e. The summed E-state index contributed by atoms with van der Waals surface area (Å²) in [7, 11) is 1.55. The number of hydrogen-bond acceptors (Lipinski definition) is 5. The Hall–Kier alpha value is -2.44. The van der Waals surface area contributed by atoms with Crippen molar-refractivity contribution in [2.75, 3.05) is 26.8 Å². The second-order valence-corrected chi connectivity index (χ2v) is 7.84. The summed E-state index contributed by atoms with van der Waals surface area (Å²) in [5.74, 6) is -0.517. The van der Waals surface area contributed by atoms with E-state index in [1.165, 1.54) is 4.90 Å². The van der Waals surface area contributed by atoms with Crippen LogP contribution in [0.5, 0.6) is 11.5 Å². The average Bonchev–Trinajstić information content (AvgIpc) is 2.94. The molecule has 7 heteroatoms. The highest BCUT2D eigenvalue weighted by Crippen LogP contribution is 2.51. The molecule has 1 amide bonds. The molecule has 0 aliphatic carbocycles. The molecule has 2 aliphatic rings. The van der Waals surface area contributed by atoms with Gasteiger partial charge in [-0.15, -0.1) is 0 Å². The predicted molar refractivity (Wildman–Crippen MR) is 93.7 cm³/mol. The Morgan fingerprint density at radius 1 is 1.35 bits per heavy atom. The summed E-state index contributed by atoms with van der Waals surface area (Å²) in [6.45, 7) is 6.14. The monoisotopic (exact) mass is 363 g/mol. The standard InChI is InChI=1S/C19H25NO6/c1-18(2,3)26-17(23)20-10-13(16(21)22)19(11-20)8-9-25-15-12(19)6-5-7-14(15)24-4/h5-7,13H,8-11H2,1-4H3,(H,21,22)/t13-,19?/m0/s1. The Balaban J connectivity index is 2.01. The first-order chi connectivity index (χ1) is 12.2. The van der Waals surface area contributed by atoms with Gasteiger partial charge in [0.05, 0.1) is 19.6 Å². The van der Waals surface area contributed by atoms with Crippen LogP contribution in [-0.4, -0.2) is 54.5 Å². The Bertz CT molecular complexity index is 725. The molecule has 0 bridgehead atoms. The molecule has 142 valence electrons. The Labute approximate surface area is 152 Å². The highest BCUT2D eigenvalue weighted by atomic mass is 16.6. The summed E-state index contributed by atoms with van der Waals surface area (Å²) in [5, 5.41) is 9.86. The van der Waals surface area contributed by atoms with Gasteiger partial charge in [0.1, 0.15) is 5.60 Å². The summed E-state index contributed by atoms with van der Waals surface area (Å²) < 4.78 is 16.6. The number of carboxylic acids is 1. The zero-order valence-corrected chi connectivity index (χ0v) is 15.6. The van der Waals surface area contributed by atoms with Crippen molar-refractivity contribution in [3.05, 3.63) is 23.8 Å². The number of nitrogens with zero attached hydrogens (tertiary/aromatic N) is 1. The summed E-state index contributed by atoms with van der Waals surface area (Å²) in [4.78, 5) is 26.1. The zero-order valence-electron chi connectivity index (χ0n) is 15.6. The van der Waals surface area contributed by atoms with Crippen molar-refractivity contribution >= 4 is 12.1 Å². The SMILES string of the molecule is COc1cccc2c1OCCC21CN(C(=O)OC(C)(C)C)C[C@H]1C(=O)O. The van der Waals surface area contributed by atoms with Crippen LogP contribution < -0.4 is 9.47 Å². The fourth-order valence-corrected chi connectivity index (χ4v) is 3.90. The molecule has 3 rings (SSSR count). The van der Waals surface area contributed by atoms with Crippen LogP contribution in [0.25, 0.3) is 0 Å². The lowest BCUT2D eigenvalue weighted by atomic mass is 9.69. The normalized spacial score (nSPS) is 24.8. The number of hydrogen-bond donors (Lipinski definition) is 1. The van der Waals surface area contributed by atoms with E-state index >= 15 is 0 Å². The van der Waals surface area contributed by atoms with Crippen molar-refractivity contribution in [3.8, 4) is 11.5 Å². The first-order valence-corrected chi connectivity index (χ1v) is 8.69. The van der Waals surface area contributed by atoms with Gasteiger partial charge in [0.2, 0.25) is 0 Å². The highest BCUT2D eigenvalue weighted by Gasteiger charge is 2.55. The molecule has 1 N–H and O–H groups in total. The van der Waals surface area contributed by atoms with Gasteiger partial charge in [-0.25, -0.2) is 4.79 Å². The number of aliphatic carboxylic acids is 1. The maximum atomic E-state index is 12.5. The molecule has 2 aliphatic heterocycles. The van der Waals surface area contributed by atoms with Crippen LogP contribution in [0.4, 0.5) is 4.79 Å². The smallest absolute Gasteiger partial charge is 0.410 e. The topological polar surface area (TPSA) is 85.3 Å². The number of carbonyl (C=O) groups is 2. The van der Waals surface area contributed by atoms with Gasteiger partial charge in [0, 0.05) is 24.1 Å². The molecule has 1 spiro atoms. The first-order valence-electron chi connectivity index (χ1n) is 8.69. The van der Waals surface area contributed by atoms with Gasteiger partial charge in [-0.05, 0) is 33.3 Å². The quantitative estimate of drug-likeness (QED) is 0.869. The van der Waals surface area contributed by atoms with Crippen molar-refractivity contribution in [2.24, 2.45) is 5.92 Å². The lowest BCUT2D eigenvalue weighted by Crippen LogP contribution is -2.43. The molecule has 7 nitrogen and oxygen atoms in total. The molecule has 0 aromatic heterocycles. The lowest BCUT2D eigenvalue weighted by Gasteiger charge is -2.38. The van der Waals surface area contributed by atoms with E-state index in [0.29, 0.717) is 24.5 Å². The lowest BCUT2D eigenvalue weighted by molar-refractivity contribution is -0.143. The summed E-state index contributed by atoms with van der Waals surface area (Å²) >= 11 is 0. The molecule has 1 saturated heterocycles. The second kappa shape index (κ2) is 6.37. The fraction of sp³-hybridized carbons (Fsp3) is 0.579. The molecule has 1 aromatic carbocycles. The van der Waals surface area contributed by atoms with Crippen LogP contribution in [-0.2, 0) is 14.9 Å².